The number of nitrogens with one attached hydrogen (secondary N) is 1. The number of unbranched alkanes of at least 4 members (excludes halogenated alkanes) is 1. The number of carboxylic acids is 1. The van der Waals surface area contributed by atoms with Gasteiger partial charge in [-0.25, -0.2) is 4.79 Å². The summed E-state index contributed by atoms with van der Waals surface area (Å²) in [5.41, 5.74) is 1.35. The number of amides is 1. The number of carbonyl (C=O) groups is 3. The zero-order valence-electron chi connectivity index (χ0n) is 28.7. The van der Waals surface area contributed by atoms with Crippen LogP contribution < -0.4 is 24.3 Å². The Balaban J connectivity index is 0.000000908. The molecular formula is C37H45F3N2O9. The molecule has 51 heavy (non-hydrogen) atoms. The first-order chi connectivity index (χ1) is 24.4. The molecule has 2 atom stereocenters. The van der Waals surface area contributed by atoms with E-state index >= 15 is 0 Å². The lowest BCUT2D eigenvalue weighted by Gasteiger charge is -2.29. The molecule has 1 amide bonds. The second-order valence-corrected chi connectivity index (χ2v) is 11.7. The largest absolute Gasteiger partial charge is 0.497 e. The number of alkyl halides is 3. The van der Waals surface area contributed by atoms with Crippen molar-refractivity contribution in [3.05, 3.63) is 83.9 Å². The standard InChI is InChI=1S/C35H44N2O7.C2HF3O2/c1-41-28-13-9-26(10-14-28)33(38)7-3-4-8-34(39)36-32(25-37-21-5-6-22-37)35(40)27-11-15-30(16-12-27)43-23-24-44-31-19-17-29(42-2)18-20-31;3-2(4,5)1(6)7/h9-20,32,35,40H,3-8,21-25H2,1-2H3,(H,36,39);(H,6,7)/t32-,35-;/m1./s1. The fourth-order valence-electron chi connectivity index (χ4n) is 5.22. The van der Waals surface area contributed by atoms with Crippen molar-refractivity contribution in [3.63, 3.8) is 0 Å². The molecule has 1 heterocycles. The molecule has 0 radical (unpaired) electrons. The van der Waals surface area contributed by atoms with Gasteiger partial charge in [-0.15, -0.1) is 0 Å². The van der Waals surface area contributed by atoms with E-state index in [0.717, 1.165) is 37.4 Å². The van der Waals surface area contributed by atoms with Crippen molar-refractivity contribution < 1.29 is 56.7 Å². The highest BCUT2D eigenvalue weighted by Gasteiger charge is 2.38. The topological polar surface area (TPSA) is 144 Å². The number of methoxy groups -OCH3 is 2. The third-order valence-corrected chi connectivity index (χ3v) is 8.00. The Morgan fingerprint density at radius 1 is 0.765 bits per heavy atom. The van der Waals surface area contributed by atoms with Crippen LogP contribution in [0.1, 0.15) is 60.6 Å². The Morgan fingerprint density at radius 3 is 1.71 bits per heavy atom. The Bertz CT molecular complexity index is 1500. The summed E-state index contributed by atoms with van der Waals surface area (Å²) in [5.74, 6) is 0.0547. The van der Waals surface area contributed by atoms with E-state index in [1.54, 1.807) is 38.5 Å². The minimum absolute atomic E-state index is 0.0487. The van der Waals surface area contributed by atoms with Crippen LogP contribution in [-0.4, -0.2) is 92.1 Å². The SMILES string of the molecule is COc1ccc(OCCOc2ccc([C@@H](O)[C@@H](CN3CCCC3)NC(=O)CCCCC(=O)c3ccc(OC)cc3)cc2)cc1.O=C(O)C(F)(F)F. The second-order valence-electron chi connectivity index (χ2n) is 11.7. The smallest absolute Gasteiger partial charge is 0.490 e. The normalized spacial score (nSPS) is 14.0. The number of aliphatic hydroxyl groups excluding tert-OH is 1. The summed E-state index contributed by atoms with van der Waals surface area (Å²) < 4.78 is 53.6. The quantitative estimate of drug-likeness (QED) is 0.108. The van der Waals surface area contributed by atoms with Crippen molar-refractivity contribution in [3.8, 4) is 23.0 Å². The number of nitrogens with zero attached hydrogens (tertiary/aromatic N) is 1. The number of aliphatic hydroxyl groups is 1. The molecule has 3 aromatic rings. The lowest BCUT2D eigenvalue weighted by Crippen LogP contribution is -2.46. The van der Waals surface area contributed by atoms with Gasteiger partial charge in [0.2, 0.25) is 5.91 Å². The van der Waals surface area contributed by atoms with Crippen LogP contribution in [0.2, 0.25) is 0 Å². The predicted octanol–water partition coefficient (Wildman–Crippen LogP) is 5.85. The Hall–Kier alpha value is -4.82. The Labute approximate surface area is 295 Å². The summed E-state index contributed by atoms with van der Waals surface area (Å²) in [4.78, 5) is 36.6. The molecule has 0 aliphatic carbocycles. The van der Waals surface area contributed by atoms with Crippen LogP contribution in [0, 0.1) is 0 Å². The van der Waals surface area contributed by atoms with E-state index in [9.17, 15) is 27.9 Å². The lowest BCUT2D eigenvalue weighted by atomic mass is 10.0. The maximum absolute atomic E-state index is 12.9. The van der Waals surface area contributed by atoms with E-state index in [-0.39, 0.29) is 11.7 Å². The molecular weight excluding hydrogens is 673 g/mol. The highest BCUT2D eigenvalue weighted by molar-refractivity contribution is 5.96. The van der Waals surface area contributed by atoms with Crippen LogP contribution >= 0.6 is 0 Å². The van der Waals surface area contributed by atoms with Crippen molar-refractivity contribution in [2.75, 3.05) is 47.1 Å². The summed E-state index contributed by atoms with van der Waals surface area (Å²) in [6.07, 6.45) is -1.84. The number of ketones is 1. The number of benzene rings is 3. The fraction of sp³-hybridized carbons (Fsp3) is 0.432. The molecule has 0 bridgehead atoms. The van der Waals surface area contributed by atoms with Gasteiger partial charge in [0, 0.05) is 24.9 Å². The number of hydrogen-bond acceptors (Lipinski definition) is 9. The van der Waals surface area contributed by atoms with E-state index in [1.165, 1.54) is 0 Å². The van der Waals surface area contributed by atoms with Gasteiger partial charge < -0.3 is 39.4 Å². The van der Waals surface area contributed by atoms with Crippen molar-refractivity contribution in [1.82, 2.24) is 10.2 Å². The first kappa shape index (κ1) is 40.6. The number of carboxylic acid groups (broad SMARTS) is 1. The number of likely N-dealkylation sites (tertiary alicyclic amines) is 1. The van der Waals surface area contributed by atoms with Gasteiger partial charge in [-0.3, -0.25) is 9.59 Å². The average Bonchev–Trinajstić information content (AvgIpc) is 3.65. The van der Waals surface area contributed by atoms with Crippen molar-refractivity contribution in [2.45, 2.75) is 56.8 Å². The summed E-state index contributed by atoms with van der Waals surface area (Å²) in [5, 5.41) is 21.5. The number of aliphatic carboxylic acids is 1. The molecule has 1 aliphatic rings. The van der Waals surface area contributed by atoms with Gasteiger partial charge in [-0.1, -0.05) is 12.1 Å². The van der Waals surface area contributed by atoms with Gasteiger partial charge in [0.15, 0.2) is 5.78 Å². The summed E-state index contributed by atoms with van der Waals surface area (Å²) in [6.45, 7) is 3.24. The van der Waals surface area contributed by atoms with Gasteiger partial charge in [0.05, 0.1) is 20.3 Å². The second kappa shape index (κ2) is 20.8. The molecule has 1 saturated heterocycles. The molecule has 1 aliphatic heterocycles. The van der Waals surface area contributed by atoms with E-state index in [0.29, 0.717) is 68.1 Å². The van der Waals surface area contributed by atoms with Crippen LogP contribution in [0.4, 0.5) is 13.2 Å². The number of rotatable bonds is 18. The molecule has 278 valence electrons. The molecule has 1 fully saturated rings. The molecule has 11 nitrogen and oxygen atoms in total. The third kappa shape index (κ3) is 14.5. The van der Waals surface area contributed by atoms with Gasteiger partial charge in [-0.2, -0.15) is 13.2 Å². The summed E-state index contributed by atoms with van der Waals surface area (Å²) >= 11 is 0. The number of Topliss-reactive ketones (excluding diaryl/α,β-unsaturated/α-hetero) is 1. The molecule has 0 aromatic heterocycles. The van der Waals surface area contributed by atoms with E-state index in [4.69, 9.17) is 28.8 Å². The molecule has 3 N–H and O–H groups in total. The van der Waals surface area contributed by atoms with Gasteiger partial charge in [0.1, 0.15) is 42.3 Å². The van der Waals surface area contributed by atoms with Crippen LogP contribution in [0.25, 0.3) is 0 Å². The fourth-order valence-corrected chi connectivity index (χ4v) is 5.22. The van der Waals surface area contributed by atoms with Crippen LogP contribution in [0.3, 0.4) is 0 Å². The first-order valence-corrected chi connectivity index (χ1v) is 16.6. The number of hydrogen-bond donors (Lipinski definition) is 3. The van der Waals surface area contributed by atoms with Gasteiger partial charge in [-0.05, 0) is 105 Å². The average molecular weight is 719 g/mol. The van der Waals surface area contributed by atoms with Crippen LogP contribution in [0.15, 0.2) is 72.8 Å². The van der Waals surface area contributed by atoms with Crippen molar-refractivity contribution in [1.29, 1.82) is 0 Å². The van der Waals surface area contributed by atoms with E-state index in [2.05, 4.69) is 10.2 Å². The maximum atomic E-state index is 12.9. The first-order valence-electron chi connectivity index (χ1n) is 16.6. The zero-order valence-corrected chi connectivity index (χ0v) is 28.7. The predicted molar refractivity (Wildman–Crippen MR) is 182 cm³/mol. The summed E-state index contributed by atoms with van der Waals surface area (Å²) in [6, 6.07) is 21.3. The molecule has 14 heteroatoms. The van der Waals surface area contributed by atoms with Crippen molar-refractivity contribution >= 4 is 17.7 Å². The highest BCUT2D eigenvalue weighted by Crippen LogP contribution is 2.23. The summed E-state index contributed by atoms with van der Waals surface area (Å²) in [7, 11) is 3.21. The minimum Gasteiger partial charge on any atom is -0.497 e. The van der Waals surface area contributed by atoms with E-state index < -0.39 is 24.3 Å². The minimum atomic E-state index is -5.08. The van der Waals surface area contributed by atoms with Gasteiger partial charge in [0.25, 0.3) is 0 Å². The third-order valence-electron chi connectivity index (χ3n) is 8.00. The van der Waals surface area contributed by atoms with Crippen molar-refractivity contribution in [2.24, 2.45) is 0 Å². The van der Waals surface area contributed by atoms with Gasteiger partial charge >= 0.3 is 12.1 Å². The number of ether oxygens (including phenoxy) is 4. The molecule has 0 spiro atoms. The van der Waals surface area contributed by atoms with Crippen LogP contribution in [-0.2, 0) is 9.59 Å². The Morgan fingerprint density at radius 2 is 1.22 bits per heavy atom. The lowest BCUT2D eigenvalue weighted by molar-refractivity contribution is -0.192. The molecule has 4 rings (SSSR count). The van der Waals surface area contributed by atoms with E-state index in [1.807, 2.05) is 48.5 Å². The molecule has 3 aromatic carbocycles. The molecule has 0 saturated carbocycles. The highest BCUT2D eigenvalue weighted by atomic mass is 19.4. The Kier molecular flexibility index (Phi) is 16.5. The molecule has 0 unspecified atom stereocenters. The number of carbonyl (C=O) groups excluding carboxylic acids is 2. The number of halogens is 3. The van der Waals surface area contributed by atoms with Crippen LogP contribution in [0.5, 0.6) is 23.0 Å². The maximum Gasteiger partial charge on any atom is 0.490 e. The monoisotopic (exact) mass is 718 g/mol. The zero-order chi connectivity index (χ0) is 37.2.